The van der Waals surface area contributed by atoms with Crippen molar-refractivity contribution in [1.29, 1.82) is 0 Å². The van der Waals surface area contributed by atoms with Crippen LogP contribution in [-0.4, -0.2) is 13.0 Å². The number of hydrogen-bond donors (Lipinski definition) is 0. The SMILES string of the molecule is COc1cc(F)cc(/C=C(/C)CCl)c1. The van der Waals surface area contributed by atoms with Crippen molar-refractivity contribution in [2.75, 3.05) is 13.0 Å². The van der Waals surface area contributed by atoms with Gasteiger partial charge < -0.3 is 4.74 Å². The normalized spacial score (nSPS) is 11.6. The van der Waals surface area contributed by atoms with E-state index in [0.29, 0.717) is 11.6 Å². The smallest absolute Gasteiger partial charge is 0.127 e. The lowest BCUT2D eigenvalue weighted by atomic mass is 10.1. The third-order valence-corrected chi connectivity index (χ3v) is 2.17. The molecule has 14 heavy (non-hydrogen) atoms. The van der Waals surface area contributed by atoms with Crippen LogP contribution in [0.25, 0.3) is 6.08 Å². The first-order valence-electron chi connectivity index (χ1n) is 4.23. The minimum Gasteiger partial charge on any atom is -0.497 e. The maximum atomic E-state index is 13.0. The molecule has 0 saturated heterocycles. The van der Waals surface area contributed by atoms with Gasteiger partial charge in [-0.05, 0) is 24.6 Å². The Balaban J connectivity index is 3.03. The van der Waals surface area contributed by atoms with E-state index >= 15 is 0 Å². The minimum absolute atomic E-state index is 0.307. The summed E-state index contributed by atoms with van der Waals surface area (Å²) >= 11 is 5.62. The van der Waals surface area contributed by atoms with Crippen LogP contribution in [0.4, 0.5) is 4.39 Å². The van der Waals surface area contributed by atoms with Gasteiger partial charge in [-0.2, -0.15) is 0 Å². The van der Waals surface area contributed by atoms with Crippen molar-refractivity contribution in [3.63, 3.8) is 0 Å². The van der Waals surface area contributed by atoms with Gasteiger partial charge in [-0.15, -0.1) is 11.6 Å². The second kappa shape index (κ2) is 5.01. The summed E-state index contributed by atoms with van der Waals surface area (Å²) in [5, 5.41) is 0. The largest absolute Gasteiger partial charge is 0.497 e. The topological polar surface area (TPSA) is 9.23 Å². The highest BCUT2D eigenvalue weighted by atomic mass is 35.5. The molecule has 0 aromatic heterocycles. The van der Waals surface area contributed by atoms with E-state index in [0.717, 1.165) is 11.1 Å². The maximum absolute atomic E-state index is 13.0. The number of benzene rings is 1. The number of ether oxygens (including phenoxy) is 1. The number of methoxy groups -OCH3 is 1. The van der Waals surface area contributed by atoms with Gasteiger partial charge in [-0.1, -0.05) is 11.6 Å². The summed E-state index contributed by atoms with van der Waals surface area (Å²) in [6.45, 7) is 1.89. The average Bonchev–Trinajstić information content (AvgIpc) is 2.16. The molecule has 0 bridgehead atoms. The van der Waals surface area contributed by atoms with Gasteiger partial charge in [0.25, 0.3) is 0 Å². The molecule has 1 aromatic rings. The fraction of sp³-hybridized carbons (Fsp3) is 0.273. The zero-order valence-electron chi connectivity index (χ0n) is 8.18. The maximum Gasteiger partial charge on any atom is 0.127 e. The number of allylic oxidation sites excluding steroid dienone is 1. The molecule has 0 heterocycles. The van der Waals surface area contributed by atoms with Crippen LogP contribution >= 0.6 is 11.6 Å². The first kappa shape index (κ1) is 11.1. The van der Waals surface area contributed by atoms with E-state index in [2.05, 4.69) is 0 Å². The molecule has 0 aliphatic carbocycles. The molecule has 0 amide bonds. The molecule has 1 nitrogen and oxygen atoms in total. The molecule has 0 unspecified atom stereocenters. The molecular formula is C11H12ClFO. The van der Waals surface area contributed by atoms with E-state index in [9.17, 15) is 4.39 Å². The van der Waals surface area contributed by atoms with E-state index in [1.807, 2.05) is 13.0 Å². The van der Waals surface area contributed by atoms with Crippen molar-refractivity contribution in [1.82, 2.24) is 0 Å². The van der Waals surface area contributed by atoms with Gasteiger partial charge >= 0.3 is 0 Å². The predicted octanol–water partition coefficient (Wildman–Crippen LogP) is 3.48. The first-order valence-corrected chi connectivity index (χ1v) is 4.77. The van der Waals surface area contributed by atoms with Crippen LogP contribution in [0.2, 0.25) is 0 Å². The Labute approximate surface area is 88.1 Å². The van der Waals surface area contributed by atoms with Crippen LogP contribution in [-0.2, 0) is 0 Å². The molecule has 1 aromatic carbocycles. The van der Waals surface area contributed by atoms with E-state index in [4.69, 9.17) is 16.3 Å². The highest BCUT2D eigenvalue weighted by molar-refractivity contribution is 6.19. The van der Waals surface area contributed by atoms with Crippen LogP contribution in [0.15, 0.2) is 23.8 Å². The zero-order valence-corrected chi connectivity index (χ0v) is 8.94. The highest BCUT2D eigenvalue weighted by Gasteiger charge is 1.99. The van der Waals surface area contributed by atoms with Gasteiger partial charge in [0.1, 0.15) is 11.6 Å². The zero-order chi connectivity index (χ0) is 10.6. The Morgan fingerprint density at radius 2 is 2.21 bits per heavy atom. The van der Waals surface area contributed by atoms with Crippen molar-refractivity contribution in [3.8, 4) is 5.75 Å². The van der Waals surface area contributed by atoms with E-state index < -0.39 is 0 Å². The molecule has 0 saturated carbocycles. The highest BCUT2D eigenvalue weighted by Crippen LogP contribution is 2.18. The van der Waals surface area contributed by atoms with Crippen molar-refractivity contribution < 1.29 is 9.13 Å². The lowest BCUT2D eigenvalue weighted by molar-refractivity contribution is 0.411. The molecule has 3 heteroatoms. The van der Waals surface area contributed by atoms with Crippen molar-refractivity contribution in [2.24, 2.45) is 0 Å². The molecule has 0 N–H and O–H groups in total. The van der Waals surface area contributed by atoms with Crippen LogP contribution in [0.3, 0.4) is 0 Å². The summed E-state index contributed by atoms with van der Waals surface area (Å²) in [6.07, 6.45) is 1.83. The van der Waals surface area contributed by atoms with Gasteiger partial charge in [-0.3, -0.25) is 0 Å². The van der Waals surface area contributed by atoms with Crippen molar-refractivity contribution >= 4 is 17.7 Å². The average molecular weight is 215 g/mol. The van der Waals surface area contributed by atoms with Crippen molar-refractivity contribution in [3.05, 3.63) is 35.2 Å². The lowest BCUT2D eigenvalue weighted by Crippen LogP contribution is -1.87. The van der Waals surface area contributed by atoms with Gasteiger partial charge in [0, 0.05) is 11.9 Å². The van der Waals surface area contributed by atoms with E-state index in [-0.39, 0.29) is 5.82 Å². The number of halogens is 2. The summed E-state index contributed by atoms with van der Waals surface area (Å²) in [5.74, 6) is 0.648. The summed E-state index contributed by atoms with van der Waals surface area (Å²) in [6, 6.07) is 4.55. The van der Waals surface area contributed by atoms with E-state index in [1.54, 1.807) is 6.07 Å². The molecule has 0 aliphatic rings. The Morgan fingerprint density at radius 3 is 2.79 bits per heavy atom. The van der Waals surface area contributed by atoms with Crippen LogP contribution < -0.4 is 4.74 Å². The summed E-state index contributed by atoms with van der Waals surface area (Å²) in [5.41, 5.74) is 1.75. The minimum atomic E-state index is -0.307. The van der Waals surface area contributed by atoms with Crippen LogP contribution in [0.5, 0.6) is 5.75 Å². The molecule has 0 atom stereocenters. The fourth-order valence-corrected chi connectivity index (χ4v) is 1.19. The third-order valence-electron chi connectivity index (χ3n) is 1.75. The Morgan fingerprint density at radius 1 is 1.50 bits per heavy atom. The Kier molecular flexibility index (Phi) is 3.96. The van der Waals surface area contributed by atoms with Gasteiger partial charge in [-0.25, -0.2) is 4.39 Å². The lowest BCUT2D eigenvalue weighted by Gasteiger charge is -2.02. The van der Waals surface area contributed by atoms with E-state index in [1.165, 1.54) is 19.2 Å². The number of rotatable bonds is 3. The molecule has 76 valence electrons. The summed E-state index contributed by atoms with van der Waals surface area (Å²) < 4.78 is 18.0. The predicted molar refractivity (Wildman–Crippen MR) is 57.3 cm³/mol. The van der Waals surface area contributed by atoms with Gasteiger partial charge in [0.15, 0.2) is 0 Å². The van der Waals surface area contributed by atoms with Crippen LogP contribution in [0.1, 0.15) is 12.5 Å². The number of hydrogen-bond acceptors (Lipinski definition) is 1. The first-order chi connectivity index (χ1) is 6.65. The second-order valence-corrected chi connectivity index (χ2v) is 3.32. The number of alkyl halides is 1. The monoisotopic (exact) mass is 214 g/mol. The third kappa shape index (κ3) is 3.04. The molecule has 1 rings (SSSR count). The van der Waals surface area contributed by atoms with Crippen molar-refractivity contribution in [2.45, 2.75) is 6.92 Å². The quantitative estimate of drug-likeness (QED) is 0.700. The second-order valence-electron chi connectivity index (χ2n) is 3.05. The fourth-order valence-electron chi connectivity index (χ4n) is 1.11. The summed E-state index contributed by atoms with van der Waals surface area (Å²) in [7, 11) is 1.51. The standard InChI is InChI=1S/C11H12ClFO/c1-8(7-12)3-9-4-10(13)6-11(5-9)14-2/h3-6H,7H2,1-2H3/b8-3-. The Hall–Kier alpha value is -1.02. The molecule has 0 aliphatic heterocycles. The Bertz CT molecular complexity index is 347. The molecular weight excluding hydrogens is 203 g/mol. The molecule has 0 spiro atoms. The van der Waals surface area contributed by atoms with Gasteiger partial charge in [0.05, 0.1) is 7.11 Å². The van der Waals surface area contributed by atoms with Crippen LogP contribution in [0, 0.1) is 5.82 Å². The summed E-state index contributed by atoms with van der Waals surface area (Å²) in [4.78, 5) is 0. The molecule has 0 radical (unpaired) electrons. The van der Waals surface area contributed by atoms with Gasteiger partial charge in [0.2, 0.25) is 0 Å². The molecule has 0 fully saturated rings.